The molecule has 1 N–H and O–H groups in total. The fourth-order valence-corrected chi connectivity index (χ4v) is 4.16. The lowest BCUT2D eigenvalue weighted by molar-refractivity contribution is -0.134. The summed E-state index contributed by atoms with van der Waals surface area (Å²) in [4.78, 5) is 25.1. The molecular formula is C18H21N5OS. The number of amides is 1. The van der Waals surface area contributed by atoms with E-state index in [1.165, 1.54) is 0 Å². The molecule has 0 radical (unpaired) electrons. The second kappa shape index (κ2) is 6.57. The quantitative estimate of drug-likeness (QED) is 0.783. The number of rotatable bonds is 3. The number of nitrogens with zero attached hydrogens (tertiary/aromatic N) is 4. The molecular weight excluding hydrogens is 334 g/mol. The molecule has 130 valence electrons. The molecule has 0 unspecified atom stereocenters. The average molecular weight is 355 g/mol. The molecule has 2 aromatic heterocycles. The molecule has 0 saturated carbocycles. The van der Waals surface area contributed by atoms with Gasteiger partial charge in [-0.25, -0.2) is 9.97 Å². The van der Waals surface area contributed by atoms with Gasteiger partial charge < -0.3 is 14.8 Å². The van der Waals surface area contributed by atoms with E-state index in [0.29, 0.717) is 6.54 Å². The van der Waals surface area contributed by atoms with Gasteiger partial charge in [-0.1, -0.05) is 12.1 Å². The van der Waals surface area contributed by atoms with Crippen LogP contribution in [0.5, 0.6) is 0 Å². The molecule has 1 amide bonds. The number of benzene rings is 1. The highest BCUT2D eigenvalue weighted by Crippen LogP contribution is 2.30. The van der Waals surface area contributed by atoms with Gasteiger partial charge in [-0.05, 0) is 26.0 Å². The van der Waals surface area contributed by atoms with Crippen molar-refractivity contribution in [2.45, 2.75) is 26.4 Å². The van der Waals surface area contributed by atoms with E-state index < -0.39 is 0 Å². The van der Waals surface area contributed by atoms with E-state index in [1.807, 2.05) is 46.2 Å². The molecule has 6 nitrogen and oxygen atoms in total. The van der Waals surface area contributed by atoms with Gasteiger partial charge in [-0.2, -0.15) is 0 Å². The van der Waals surface area contributed by atoms with Crippen molar-refractivity contribution >= 4 is 28.3 Å². The first-order valence-corrected chi connectivity index (χ1v) is 9.39. The fourth-order valence-electron chi connectivity index (χ4n) is 3.36. The number of thiazole rings is 1. The normalized spacial score (nSPS) is 18.0. The van der Waals surface area contributed by atoms with Gasteiger partial charge in [0, 0.05) is 25.7 Å². The number of fused-ring (bicyclic) bond motifs is 1. The minimum Gasteiger partial charge on any atom is -0.336 e. The Morgan fingerprint density at radius 3 is 3.00 bits per heavy atom. The number of hydrogen-bond donors (Lipinski definition) is 1. The predicted molar refractivity (Wildman–Crippen MR) is 99.6 cm³/mol. The second-order valence-electron chi connectivity index (χ2n) is 6.42. The van der Waals surface area contributed by atoms with Gasteiger partial charge in [-0.3, -0.25) is 4.79 Å². The maximum Gasteiger partial charge on any atom is 0.242 e. The predicted octanol–water partition coefficient (Wildman–Crippen LogP) is 2.29. The van der Waals surface area contributed by atoms with Crippen LogP contribution >= 0.6 is 11.3 Å². The molecule has 25 heavy (non-hydrogen) atoms. The molecule has 0 bridgehead atoms. The molecule has 1 aliphatic rings. The SMILES string of the molecule is Cc1ncsc1-c1nc2ccccc2n1CC(=O)N1CCNC[C@H]1C. The van der Waals surface area contributed by atoms with Crippen molar-refractivity contribution in [2.75, 3.05) is 19.6 Å². The third kappa shape index (κ3) is 2.94. The van der Waals surface area contributed by atoms with E-state index in [-0.39, 0.29) is 11.9 Å². The summed E-state index contributed by atoms with van der Waals surface area (Å²) < 4.78 is 2.03. The number of carbonyl (C=O) groups excluding carboxylic acids is 1. The molecule has 4 rings (SSSR count). The summed E-state index contributed by atoms with van der Waals surface area (Å²) in [7, 11) is 0. The fraction of sp³-hybridized carbons (Fsp3) is 0.389. The lowest BCUT2D eigenvalue weighted by Gasteiger charge is -2.34. The highest BCUT2D eigenvalue weighted by atomic mass is 32.1. The third-order valence-electron chi connectivity index (χ3n) is 4.72. The Morgan fingerprint density at radius 1 is 1.40 bits per heavy atom. The summed E-state index contributed by atoms with van der Waals surface area (Å²) in [6, 6.07) is 8.19. The van der Waals surface area contributed by atoms with Crippen LogP contribution in [0.1, 0.15) is 12.6 Å². The van der Waals surface area contributed by atoms with Crippen molar-refractivity contribution in [2.24, 2.45) is 0 Å². The van der Waals surface area contributed by atoms with E-state index >= 15 is 0 Å². The Balaban J connectivity index is 1.75. The molecule has 3 heterocycles. The molecule has 1 saturated heterocycles. The van der Waals surface area contributed by atoms with Crippen molar-refractivity contribution in [1.29, 1.82) is 0 Å². The maximum atomic E-state index is 13.0. The van der Waals surface area contributed by atoms with Crippen LogP contribution in [0.25, 0.3) is 21.7 Å². The highest BCUT2D eigenvalue weighted by Gasteiger charge is 2.25. The Labute approximate surface area is 150 Å². The minimum absolute atomic E-state index is 0.139. The highest BCUT2D eigenvalue weighted by molar-refractivity contribution is 7.13. The van der Waals surface area contributed by atoms with Gasteiger partial charge in [0.2, 0.25) is 5.91 Å². The van der Waals surface area contributed by atoms with Gasteiger partial charge in [0.05, 0.1) is 27.1 Å². The van der Waals surface area contributed by atoms with Crippen molar-refractivity contribution in [3.05, 3.63) is 35.5 Å². The van der Waals surface area contributed by atoms with Crippen LogP contribution in [0.15, 0.2) is 29.8 Å². The zero-order valence-corrected chi connectivity index (χ0v) is 15.2. The third-order valence-corrected chi connectivity index (χ3v) is 5.64. The zero-order chi connectivity index (χ0) is 17.4. The van der Waals surface area contributed by atoms with E-state index in [9.17, 15) is 4.79 Å². The van der Waals surface area contributed by atoms with Crippen molar-refractivity contribution in [3.63, 3.8) is 0 Å². The summed E-state index contributed by atoms with van der Waals surface area (Å²) in [5, 5.41) is 3.33. The van der Waals surface area contributed by atoms with E-state index in [0.717, 1.165) is 47.1 Å². The van der Waals surface area contributed by atoms with E-state index in [4.69, 9.17) is 4.98 Å². The van der Waals surface area contributed by atoms with Crippen LogP contribution in [0, 0.1) is 6.92 Å². The largest absolute Gasteiger partial charge is 0.336 e. The van der Waals surface area contributed by atoms with Crippen LogP contribution in [0.3, 0.4) is 0 Å². The second-order valence-corrected chi connectivity index (χ2v) is 7.27. The summed E-state index contributed by atoms with van der Waals surface area (Å²) in [6.07, 6.45) is 0. The topological polar surface area (TPSA) is 63.1 Å². The van der Waals surface area contributed by atoms with Crippen molar-refractivity contribution in [1.82, 2.24) is 24.8 Å². The molecule has 0 spiro atoms. The summed E-state index contributed by atoms with van der Waals surface area (Å²) in [6.45, 7) is 6.82. The number of aromatic nitrogens is 3. The molecule has 0 aliphatic carbocycles. The minimum atomic E-state index is 0.139. The number of piperazine rings is 1. The Bertz CT molecular complexity index is 915. The number of imidazole rings is 1. The molecule has 7 heteroatoms. The first-order chi connectivity index (χ1) is 12.1. The molecule has 3 aromatic rings. The van der Waals surface area contributed by atoms with Gasteiger partial charge in [0.25, 0.3) is 0 Å². The van der Waals surface area contributed by atoms with Gasteiger partial charge >= 0.3 is 0 Å². The van der Waals surface area contributed by atoms with Crippen LogP contribution in [-0.2, 0) is 11.3 Å². The molecule has 1 aromatic carbocycles. The van der Waals surface area contributed by atoms with Gasteiger partial charge in [0.15, 0.2) is 5.82 Å². The smallest absolute Gasteiger partial charge is 0.242 e. The molecule has 1 atom stereocenters. The summed E-state index contributed by atoms with van der Waals surface area (Å²) in [5.74, 6) is 0.970. The number of nitrogens with one attached hydrogen (secondary N) is 1. The van der Waals surface area contributed by atoms with Crippen LogP contribution in [0.4, 0.5) is 0 Å². The van der Waals surface area contributed by atoms with Crippen LogP contribution in [-0.4, -0.2) is 51.0 Å². The first-order valence-electron chi connectivity index (χ1n) is 8.51. The van der Waals surface area contributed by atoms with E-state index in [2.05, 4.69) is 17.2 Å². The number of para-hydroxylation sites is 2. The van der Waals surface area contributed by atoms with Crippen LogP contribution < -0.4 is 5.32 Å². The first kappa shape index (κ1) is 16.2. The van der Waals surface area contributed by atoms with Gasteiger partial charge in [-0.15, -0.1) is 11.3 Å². The molecule has 1 aliphatic heterocycles. The average Bonchev–Trinajstić information content (AvgIpc) is 3.19. The molecule has 1 fully saturated rings. The summed E-state index contributed by atoms with van der Waals surface area (Å²) in [5.41, 5.74) is 4.67. The lowest BCUT2D eigenvalue weighted by Crippen LogP contribution is -2.53. The number of aryl methyl sites for hydroxylation is 1. The van der Waals surface area contributed by atoms with Gasteiger partial charge in [0.1, 0.15) is 6.54 Å². The summed E-state index contributed by atoms with van der Waals surface area (Å²) >= 11 is 1.57. The van der Waals surface area contributed by atoms with Crippen LogP contribution in [0.2, 0.25) is 0 Å². The maximum absolute atomic E-state index is 13.0. The zero-order valence-electron chi connectivity index (χ0n) is 14.4. The Kier molecular flexibility index (Phi) is 4.27. The monoisotopic (exact) mass is 355 g/mol. The number of carbonyl (C=O) groups is 1. The van der Waals surface area contributed by atoms with Crippen molar-refractivity contribution < 1.29 is 4.79 Å². The van der Waals surface area contributed by atoms with E-state index in [1.54, 1.807) is 11.3 Å². The van der Waals surface area contributed by atoms with Crippen molar-refractivity contribution in [3.8, 4) is 10.7 Å². The lowest BCUT2D eigenvalue weighted by atomic mass is 10.2. The Hall–Kier alpha value is -2.25. The standard InChI is InChI=1S/C18H21N5OS/c1-12-9-19-7-8-22(12)16(24)10-23-15-6-4-3-5-14(15)21-18(23)17-13(2)20-11-25-17/h3-6,11-12,19H,7-10H2,1-2H3/t12-/m1/s1. The number of hydrogen-bond acceptors (Lipinski definition) is 5. The Morgan fingerprint density at radius 2 is 2.24 bits per heavy atom.